The van der Waals surface area contributed by atoms with E-state index in [0.717, 1.165) is 24.0 Å². The maximum atomic E-state index is 4.67. The number of nitrogens with zero attached hydrogens (tertiary/aromatic N) is 2. The summed E-state index contributed by atoms with van der Waals surface area (Å²) in [5.41, 5.74) is 3.39. The molecule has 0 atom stereocenters. The van der Waals surface area contributed by atoms with Gasteiger partial charge in [-0.3, -0.25) is 4.99 Å². The second-order valence-corrected chi connectivity index (χ2v) is 6.13. The topological polar surface area (TPSA) is 37.3 Å². The highest BCUT2D eigenvalue weighted by Gasteiger charge is 2.29. The van der Waals surface area contributed by atoms with Gasteiger partial charge in [-0.05, 0) is 18.3 Å². The zero-order chi connectivity index (χ0) is 12.1. The first-order valence-corrected chi connectivity index (χ1v) is 7.99. The van der Waals surface area contributed by atoms with E-state index in [-0.39, 0.29) is 0 Å². The molecule has 2 heterocycles. The third-order valence-corrected chi connectivity index (χ3v) is 5.42. The number of aromatic nitrogens is 1. The highest BCUT2D eigenvalue weighted by Crippen LogP contribution is 2.34. The van der Waals surface area contributed by atoms with Gasteiger partial charge in [0.1, 0.15) is 0 Å². The van der Waals surface area contributed by atoms with Crippen molar-refractivity contribution in [3.05, 3.63) is 16.6 Å². The number of aliphatic imine (C=N–C) groups is 1. The summed E-state index contributed by atoms with van der Waals surface area (Å²) >= 11 is 3.49. The van der Waals surface area contributed by atoms with Crippen LogP contribution in [-0.2, 0) is 6.54 Å². The smallest absolute Gasteiger partial charge is 0.156 e. The van der Waals surface area contributed by atoms with E-state index >= 15 is 0 Å². The molecule has 0 amide bonds. The molecule has 0 bridgehead atoms. The van der Waals surface area contributed by atoms with Crippen molar-refractivity contribution in [2.24, 2.45) is 10.4 Å². The lowest BCUT2D eigenvalue weighted by atomic mass is 9.84. The number of nitrogens with one attached hydrogen (secondary N) is 1. The fraction of sp³-hybridized carbons (Fsp3) is 0.667. The van der Waals surface area contributed by atoms with Crippen molar-refractivity contribution < 1.29 is 0 Å². The van der Waals surface area contributed by atoms with Crippen molar-refractivity contribution in [3.8, 4) is 0 Å². The highest BCUT2D eigenvalue weighted by atomic mass is 32.2. The third-order valence-electron chi connectivity index (χ3n) is 3.48. The van der Waals surface area contributed by atoms with E-state index in [4.69, 9.17) is 0 Å². The number of amidine groups is 1. The van der Waals surface area contributed by atoms with Crippen LogP contribution in [0.3, 0.4) is 0 Å². The van der Waals surface area contributed by atoms with Gasteiger partial charge in [-0.2, -0.15) is 0 Å². The fourth-order valence-corrected chi connectivity index (χ4v) is 3.66. The molecule has 94 valence electrons. The van der Waals surface area contributed by atoms with Gasteiger partial charge in [0.05, 0.1) is 17.7 Å². The fourth-order valence-electron chi connectivity index (χ4n) is 1.83. The van der Waals surface area contributed by atoms with Crippen LogP contribution in [0, 0.1) is 5.41 Å². The molecule has 0 fully saturated rings. The predicted octanol–water partition coefficient (Wildman–Crippen LogP) is 3.14. The number of hydrogen-bond donors (Lipinski definition) is 1. The van der Waals surface area contributed by atoms with Crippen LogP contribution < -0.4 is 5.32 Å². The van der Waals surface area contributed by atoms with Crippen LogP contribution in [0.5, 0.6) is 0 Å². The first-order valence-electron chi connectivity index (χ1n) is 6.06. The van der Waals surface area contributed by atoms with Gasteiger partial charge in [0.25, 0.3) is 0 Å². The Kier molecular flexibility index (Phi) is 4.45. The molecular formula is C12H19N3S2. The van der Waals surface area contributed by atoms with E-state index in [1.165, 1.54) is 18.6 Å². The normalized spacial score (nSPS) is 18.8. The molecule has 2 rings (SSSR count). The van der Waals surface area contributed by atoms with Crippen molar-refractivity contribution in [2.75, 3.05) is 12.3 Å². The van der Waals surface area contributed by atoms with Crippen molar-refractivity contribution in [1.82, 2.24) is 10.3 Å². The minimum absolute atomic E-state index is 0.427. The van der Waals surface area contributed by atoms with E-state index in [9.17, 15) is 0 Å². The number of thioether (sulfide) groups is 1. The Morgan fingerprint density at radius 1 is 1.41 bits per heavy atom. The zero-order valence-corrected chi connectivity index (χ0v) is 12.0. The van der Waals surface area contributed by atoms with Crippen LogP contribution in [0.1, 0.15) is 32.4 Å². The molecule has 1 aliphatic rings. The molecule has 0 spiro atoms. The Hall–Kier alpha value is -0.550. The Morgan fingerprint density at radius 2 is 2.24 bits per heavy atom. The molecule has 1 aromatic heterocycles. The second kappa shape index (κ2) is 5.87. The second-order valence-electron chi connectivity index (χ2n) is 4.45. The van der Waals surface area contributed by atoms with Crippen LogP contribution in [0.2, 0.25) is 0 Å². The van der Waals surface area contributed by atoms with E-state index in [2.05, 4.69) is 34.5 Å². The minimum atomic E-state index is 0.427. The molecule has 0 saturated heterocycles. The van der Waals surface area contributed by atoms with E-state index in [1.54, 1.807) is 11.3 Å². The molecule has 1 N–H and O–H groups in total. The van der Waals surface area contributed by atoms with Gasteiger partial charge in [0.15, 0.2) is 5.17 Å². The molecule has 1 aromatic rings. The molecule has 0 radical (unpaired) electrons. The third kappa shape index (κ3) is 3.22. The van der Waals surface area contributed by atoms with Gasteiger partial charge in [0.2, 0.25) is 0 Å². The van der Waals surface area contributed by atoms with E-state index < -0.39 is 0 Å². The van der Waals surface area contributed by atoms with Crippen molar-refractivity contribution in [2.45, 2.75) is 33.2 Å². The van der Waals surface area contributed by atoms with Crippen LogP contribution in [-0.4, -0.2) is 22.4 Å². The summed E-state index contributed by atoms with van der Waals surface area (Å²) in [6.07, 6.45) is 2.44. The lowest BCUT2D eigenvalue weighted by Crippen LogP contribution is -2.34. The summed E-state index contributed by atoms with van der Waals surface area (Å²) in [6.45, 7) is 6.30. The molecule has 0 aromatic carbocycles. The Balaban J connectivity index is 1.86. The maximum absolute atomic E-state index is 4.67. The van der Waals surface area contributed by atoms with Gasteiger partial charge >= 0.3 is 0 Å². The van der Waals surface area contributed by atoms with Crippen molar-refractivity contribution in [1.29, 1.82) is 0 Å². The largest absolute Gasteiger partial charge is 0.359 e. The average molecular weight is 269 g/mol. The zero-order valence-electron chi connectivity index (χ0n) is 10.4. The van der Waals surface area contributed by atoms with Crippen LogP contribution in [0.15, 0.2) is 15.9 Å². The summed E-state index contributed by atoms with van der Waals surface area (Å²) in [6, 6.07) is 0. The van der Waals surface area contributed by atoms with E-state index in [0.29, 0.717) is 5.41 Å². The Bertz CT molecular complexity index is 369. The van der Waals surface area contributed by atoms with Crippen molar-refractivity contribution >= 4 is 28.3 Å². The van der Waals surface area contributed by atoms with Crippen LogP contribution in [0.4, 0.5) is 0 Å². The van der Waals surface area contributed by atoms with Crippen LogP contribution in [0.25, 0.3) is 0 Å². The standard InChI is InChI=1S/C12H19N3S2/c1-3-12(4-2)7-14-11(17-8-12)13-5-10-6-16-9-15-10/h6,9H,3-5,7-8H2,1-2H3,(H,13,14). The quantitative estimate of drug-likeness (QED) is 0.912. The predicted molar refractivity (Wildman–Crippen MR) is 76.7 cm³/mol. The summed E-state index contributed by atoms with van der Waals surface area (Å²) in [5, 5.41) is 6.52. The minimum Gasteiger partial charge on any atom is -0.359 e. The summed E-state index contributed by atoms with van der Waals surface area (Å²) in [4.78, 5) is 8.92. The molecule has 5 heteroatoms. The lowest BCUT2D eigenvalue weighted by molar-refractivity contribution is 0.318. The first kappa shape index (κ1) is 12.9. The molecule has 3 nitrogen and oxygen atoms in total. The SMILES string of the molecule is CCC1(CC)CN=C(NCc2cscn2)SC1. The molecule has 0 aliphatic carbocycles. The van der Waals surface area contributed by atoms with Gasteiger partial charge in [-0.15, -0.1) is 11.3 Å². The Morgan fingerprint density at radius 3 is 2.76 bits per heavy atom. The number of thiazole rings is 1. The summed E-state index contributed by atoms with van der Waals surface area (Å²) in [7, 11) is 0. The van der Waals surface area contributed by atoms with Gasteiger partial charge in [-0.1, -0.05) is 25.6 Å². The monoisotopic (exact) mass is 269 g/mol. The van der Waals surface area contributed by atoms with Gasteiger partial charge < -0.3 is 5.32 Å². The van der Waals surface area contributed by atoms with Gasteiger partial charge in [0, 0.05) is 17.7 Å². The molecule has 0 unspecified atom stereocenters. The number of hydrogen-bond acceptors (Lipinski definition) is 5. The number of rotatable bonds is 4. The Labute approximate surface area is 111 Å². The van der Waals surface area contributed by atoms with Crippen molar-refractivity contribution in [3.63, 3.8) is 0 Å². The lowest BCUT2D eigenvalue weighted by Gasteiger charge is -2.33. The molecule has 17 heavy (non-hydrogen) atoms. The van der Waals surface area contributed by atoms with Gasteiger partial charge in [-0.25, -0.2) is 4.98 Å². The summed E-state index contributed by atoms with van der Waals surface area (Å²) < 4.78 is 0. The maximum Gasteiger partial charge on any atom is 0.156 e. The first-order chi connectivity index (χ1) is 8.28. The summed E-state index contributed by atoms with van der Waals surface area (Å²) in [5.74, 6) is 1.18. The van der Waals surface area contributed by atoms with E-state index in [1.807, 2.05) is 17.3 Å². The molecule has 1 aliphatic heterocycles. The average Bonchev–Trinajstić information content (AvgIpc) is 2.90. The highest BCUT2D eigenvalue weighted by molar-refractivity contribution is 8.13. The molecule has 0 saturated carbocycles. The van der Waals surface area contributed by atoms with Crippen LogP contribution >= 0.6 is 23.1 Å². The molecular weight excluding hydrogens is 250 g/mol.